The quantitative estimate of drug-likeness (QED) is 0.612. The number of methoxy groups -OCH3 is 1. The number of hydrazine groups is 1. The van der Waals surface area contributed by atoms with Crippen LogP contribution in [0.15, 0.2) is 40.8 Å². The van der Waals surface area contributed by atoms with Crippen LogP contribution in [0.4, 0.5) is 0 Å². The molecule has 7 heteroatoms. The highest BCUT2D eigenvalue weighted by Crippen LogP contribution is 2.28. The number of benzene rings is 1. The van der Waals surface area contributed by atoms with E-state index in [1.54, 1.807) is 30.3 Å². The van der Waals surface area contributed by atoms with Crippen molar-refractivity contribution >= 4 is 17.9 Å². The molecule has 1 heterocycles. The fourth-order valence-corrected chi connectivity index (χ4v) is 2.09. The van der Waals surface area contributed by atoms with E-state index in [4.69, 9.17) is 13.9 Å². The van der Waals surface area contributed by atoms with Gasteiger partial charge in [0.2, 0.25) is 0 Å². The first kappa shape index (κ1) is 19.1. The van der Waals surface area contributed by atoms with E-state index in [1.807, 2.05) is 20.8 Å². The molecule has 2 N–H and O–H groups in total. The molecule has 1 aromatic carbocycles. The number of hydrogen-bond donors (Lipinski definition) is 2. The number of aryl methyl sites for hydroxylation is 1. The van der Waals surface area contributed by atoms with Gasteiger partial charge in [-0.1, -0.05) is 0 Å². The van der Waals surface area contributed by atoms with Crippen LogP contribution in [-0.2, 0) is 4.79 Å². The molecule has 0 aliphatic carbocycles. The Kier molecular flexibility index (Phi) is 6.43. The molecule has 1 aromatic heterocycles. The lowest BCUT2D eigenvalue weighted by molar-refractivity contribution is -0.117. The van der Waals surface area contributed by atoms with Crippen molar-refractivity contribution in [2.24, 2.45) is 0 Å². The number of hydrogen-bond acceptors (Lipinski definition) is 5. The Morgan fingerprint density at radius 3 is 2.50 bits per heavy atom. The van der Waals surface area contributed by atoms with Crippen molar-refractivity contribution in [1.82, 2.24) is 10.9 Å². The van der Waals surface area contributed by atoms with Crippen molar-refractivity contribution in [3.05, 3.63) is 53.5 Å². The first-order chi connectivity index (χ1) is 12.4. The van der Waals surface area contributed by atoms with E-state index in [-0.39, 0.29) is 6.10 Å². The molecule has 0 aliphatic rings. The van der Waals surface area contributed by atoms with Crippen molar-refractivity contribution in [3.63, 3.8) is 0 Å². The van der Waals surface area contributed by atoms with E-state index < -0.39 is 11.8 Å². The predicted molar refractivity (Wildman–Crippen MR) is 96.8 cm³/mol. The highest BCUT2D eigenvalue weighted by Gasteiger charge is 2.12. The minimum Gasteiger partial charge on any atom is -0.493 e. The molecule has 0 saturated heterocycles. The summed E-state index contributed by atoms with van der Waals surface area (Å²) in [5.74, 6) is 1.31. The summed E-state index contributed by atoms with van der Waals surface area (Å²) in [4.78, 5) is 23.9. The van der Waals surface area contributed by atoms with E-state index in [0.717, 1.165) is 5.76 Å². The van der Waals surface area contributed by atoms with Gasteiger partial charge in [0.15, 0.2) is 11.5 Å². The summed E-state index contributed by atoms with van der Waals surface area (Å²) in [7, 11) is 1.49. The number of carbonyl (C=O) groups excluding carboxylic acids is 2. The fraction of sp³-hybridized carbons (Fsp3) is 0.263. The maximum absolute atomic E-state index is 12.2. The second-order valence-electron chi connectivity index (χ2n) is 5.76. The normalized spacial score (nSPS) is 10.8. The van der Waals surface area contributed by atoms with Crippen LogP contribution in [0, 0.1) is 6.92 Å². The smallest absolute Gasteiger partial charge is 0.269 e. The van der Waals surface area contributed by atoms with Gasteiger partial charge in [0.1, 0.15) is 11.5 Å². The molecule has 26 heavy (non-hydrogen) atoms. The zero-order chi connectivity index (χ0) is 19.1. The van der Waals surface area contributed by atoms with Crippen molar-refractivity contribution < 1.29 is 23.5 Å². The molecular weight excluding hydrogens is 336 g/mol. The first-order valence-corrected chi connectivity index (χ1v) is 8.08. The topological polar surface area (TPSA) is 89.8 Å². The average Bonchev–Trinajstić information content (AvgIpc) is 3.03. The van der Waals surface area contributed by atoms with Crippen LogP contribution in [0.3, 0.4) is 0 Å². The van der Waals surface area contributed by atoms with E-state index in [1.165, 1.54) is 19.3 Å². The summed E-state index contributed by atoms with van der Waals surface area (Å²) in [6, 6.07) is 8.31. The number of nitrogens with one attached hydrogen (secondary N) is 2. The second kappa shape index (κ2) is 8.75. The molecule has 0 atom stereocenters. The second-order valence-corrected chi connectivity index (χ2v) is 5.76. The van der Waals surface area contributed by atoms with Gasteiger partial charge in [0, 0.05) is 11.6 Å². The molecule has 7 nitrogen and oxygen atoms in total. The summed E-state index contributed by atoms with van der Waals surface area (Å²) in [5, 5.41) is 0. The third-order valence-corrected chi connectivity index (χ3v) is 3.25. The lowest BCUT2D eigenvalue weighted by Gasteiger charge is -2.14. The van der Waals surface area contributed by atoms with Gasteiger partial charge in [0.05, 0.1) is 13.2 Å². The standard InChI is InChI=1S/C19H22N2O5/c1-12(2)25-16-9-6-14(11-17(16)24-4)19(23)21-20-18(22)10-8-15-7-5-13(3)26-15/h5-12H,1-4H3,(H,20,22)(H,21,23)/b10-8+. The van der Waals surface area contributed by atoms with E-state index in [2.05, 4.69) is 10.9 Å². The summed E-state index contributed by atoms with van der Waals surface area (Å²) in [5.41, 5.74) is 4.96. The molecule has 0 bridgehead atoms. The van der Waals surface area contributed by atoms with Crippen LogP contribution in [0.25, 0.3) is 6.08 Å². The molecular formula is C19H22N2O5. The van der Waals surface area contributed by atoms with Gasteiger partial charge in [-0.3, -0.25) is 20.4 Å². The monoisotopic (exact) mass is 358 g/mol. The minimum absolute atomic E-state index is 0.0207. The summed E-state index contributed by atoms with van der Waals surface area (Å²) in [6.45, 7) is 5.60. The van der Waals surface area contributed by atoms with Crippen molar-refractivity contribution in [3.8, 4) is 11.5 Å². The summed E-state index contributed by atoms with van der Waals surface area (Å²) >= 11 is 0. The molecule has 0 fully saturated rings. The zero-order valence-corrected chi connectivity index (χ0v) is 15.2. The van der Waals surface area contributed by atoms with E-state index in [0.29, 0.717) is 22.8 Å². The molecule has 2 rings (SSSR count). The molecule has 0 aliphatic heterocycles. The SMILES string of the molecule is COc1cc(C(=O)NNC(=O)/C=C/c2ccc(C)o2)ccc1OC(C)C. The molecule has 0 radical (unpaired) electrons. The lowest BCUT2D eigenvalue weighted by Crippen LogP contribution is -2.40. The first-order valence-electron chi connectivity index (χ1n) is 8.08. The Morgan fingerprint density at radius 2 is 1.88 bits per heavy atom. The van der Waals surface area contributed by atoms with E-state index in [9.17, 15) is 9.59 Å². The number of carbonyl (C=O) groups is 2. The third kappa shape index (κ3) is 5.41. The molecule has 138 valence electrons. The lowest BCUT2D eigenvalue weighted by atomic mass is 10.2. The predicted octanol–water partition coefficient (Wildman–Crippen LogP) is 2.86. The van der Waals surface area contributed by atoms with Gasteiger partial charge in [0.25, 0.3) is 11.8 Å². The molecule has 2 amide bonds. The highest BCUT2D eigenvalue weighted by molar-refractivity contribution is 5.98. The summed E-state index contributed by atoms with van der Waals surface area (Å²) in [6.07, 6.45) is 2.75. The van der Waals surface area contributed by atoms with E-state index >= 15 is 0 Å². The van der Waals surface area contributed by atoms with Gasteiger partial charge < -0.3 is 13.9 Å². The van der Waals surface area contributed by atoms with Crippen LogP contribution in [0.5, 0.6) is 11.5 Å². The summed E-state index contributed by atoms with van der Waals surface area (Å²) < 4.78 is 16.2. The van der Waals surface area contributed by atoms with Crippen LogP contribution in [0.2, 0.25) is 0 Å². The maximum Gasteiger partial charge on any atom is 0.269 e. The van der Waals surface area contributed by atoms with Crippen molar-refractivity contribution in [2.45, 2.75) is 26.9 Å². The van der Waals surface area contributed by atoms with Crippen molar-refractivity contribution in [1.29, 1.82) is 0 Å². The zero-order valence-electron chi connectivity index (χ0n) is 15.2. The molecule has 2 aromatic rings. The molecule has 0 saturated carbocycles. The van der Waals surface area contributed by atoms with Crippen LogP contribution >= 0.6 is 0 Å². The average molecular weight is 358 g/mol. The maximum atomic E-state index is 12.2. The number of ether oxygens (including phenoxy) is 2. The largest absolute Gasteiger partial charge is 0.493 e. The number of rotatable bonds is 6. The van der Waals surface area contributed by atoms with Gasteiger partial charge in [-0.2, -0.15) is 0 Å². The van der Waals surface area contributed by atoms with Crippen molar-refractivity contribution in [2.75, 3.05) is 7.11 Å². The van der Waals surface area contributed by atoms with Gasteiger partial charge in [-0.25, -0.2) is 0 Å². The fourth-order valence-electron chi connectivity index (χ4n) is 2.09. The Morgan fingerprint density at radius 1 is 1.12 bits per heavy atom. The van der Waals surface area contributed by atoms with Gasteiger partial charge >= 0.3 is 0 Å². The van der Waals surface area contributed by atoms with Gasteiger partial charge in [-0.15, -0.1) is 0 Å². The Labute approximate surface area is 151 Å². The van der Waals surface area contributed by atoms with Gasteiger partial charge in [-0.05, 0) is 57.2 Å². The number of amides is 2. The molecule has 0 unspecified atom stereocenters. The molecule has 0 spiro atoms. The van der Waals surface area contributed by atoms with Crippen LogP contribution < -0.4 is 20.3 Å². The number of furan rings is 1. The van der Waals surface area contributed by atoms with Crippen LogP contribution in [-0.4, -0.2) is 25.0 Å². The van der Waals surface area contributed by atoms with Crippen LogP contribution in [0.1, 0.15) is 35.7 Å². The minimum atomic E-state index is -0.487. The third-order valence-electron chi connectivity index (χ3n) is 3.25. The Balaban J connectivity index is 1.94. The highest BCUT2D eigenvalue weighted by atomic mass is 16.5. The Hall–Kier alpha value is -3.22. The Bertz CT molecular complexity index is 808.